The third kappa shape index (κ3) is 2.87. The van der Waals surface area contributed by atoms with E-state index in [1.54, 1.807) is 12.3 Å². The number of halogens is 2. The molecule has 0 bridgehead atoms. The van der Waals surface area contributed by atoms with Gasteiger partial charge in [-0.15, -0.1) is 0 Å². The lowest BCUT2D eigenvalue weighted by molar-refractivity contribution is 0.180. The van der Waals surface area contributed by atoms with E-state index >= 15 is 0 Å². The summed E-state index contributed by atoms with van der Waals surface area (Å²) in [5.41, 5.74) is 0.826. The average Bonchev–Trinajstić information content (AvgIpc) is 2.93. The largest absolute Gasteiger partial charge is 0.467 e. The molecule has 2 aromatic rings. The van der Waals surface area contributed by atoms with Gasteiger partial charge in [-0.3, -0.25) is 4.90 Å². The summed E-state index contributed by atoms with van der Waals surface area (Å²) in [6.45, 7) is 3.61. The van der Waals surface area contributed by atoms with E-state index in [9.17, 15) is 4.39 Å². The Balaban J connectivity index is 2.00. The van der Waals surface area contributed by atoms with Crippen molar-refractivity contribution in [1.82, 2.24) is 10.2 Å². The van der Waals surface area contributed by atoms with Gasteiger partial charge in [-0.05, 0) is 35.9 Å². The second-order valence-electron chi connectivity index (χ2n) is 4.91. The molecule has 2 heterocycles. The van der Waals surface area contributed by atoms with Crippen LogP contribution >= 0.6 is 11.6 Å². The highest BCUT2D eigenvalue weighted by atomic mass is 35.5. The quantitative estimate of drug-likeness (QED) is 0.943. The number of nitrogens with one attached hydrogen (secondary N) is 1. The first-order valence-corrected chi connectivity index (χ1v) is 7.06. The van der Waals surface area contributed by atoms with Gasteiger partial charge in [0, 0.05) is 31.2 Å². The van der Waals surface area contributed by atoms with Crippen molar-refractivity contribution in [2.24, 2.45) is 0 Å². The second kappa shape index (κ2) is 5.95. The summed E-state index contributed by atoms with van der Waals surface area (Å²) in [5, 5.41) is 3.73. The molecule has 0 amide bonds. The summed E-state index contributed by atoms with van der Waals surface area (Å²) < 4.78 is 19.2. The zero-order valence-electron chi connectivity index (χ0n) is 11.0. The molecule has 1 aliphatic heterocycles. The average molecular weight is 295 g/mol. The van der Waals surface area contributed by atoms with Crippen molar-refractivity contribution in [1.29, 1.82) is 0 Å². The smallest absolute Gasteiger partial charge is 0.125 e. The maximum Gasteiger partial charge on any atom is 0.125 e. The highest BCUT2D eigenvalue weighted by Crippen LogP contribution is 2.31. The van der Waals surface area contributed by atoms with Gasteiger partial charge in [-0.2, -0.15) is 0 Å². The molecule has 0 aliphatic carbocycles. The number of piperazine rings is 1. The molecule has 1 aromatic heterocycles. The Morgan fingerprint density at radius 1 is 1.25 bits per heavy atom. The van der Waals surface area contributed by atoms with Crippen LogP contribution in [0.4, 0.5) is 4.39 Å². The van der Waals surface area contributed by atoms with Gasteiger partial charge in [-0.1, -0.05) is 11.6 Å². The van der Waals surface area contributed by atoms with Crippen molar-refractivity contribution in [2.75, 3.05) is 26.2 Å². The van der Waals surface area contributed by atoms with Crippen molar-refractivity contribution < 1.29 is 8.81 Å². The Hall–Kier alpha value is -1.36. The molecule has 1 fully saturated rings. The Kier molecular flexibility index (Phi) is 4.05. The molecule has 5 heteroatoms. The van der Waals surface area contributed by atoms with Crippen LogP contribution in [0.25, 0.3) is 0 Å². The van der Waals surface area contributed by atoms with Crippen molar-refractivity contribution >= 4 is 11.6 Å². The molecule has 0 unspecified atom stereocenters. The van der Waals surface area contributed by atoms with Gasteiger partial charge < -0.3 is 9.73 Å². The molecule has 1 aliphatic rings. The van der Waals surface area contributed by atoms with Crippen LogP contribution in [-0.2, 0) is 0 Å². The monoisotopic (exact) mass is 294 g/mol. The number of nitrogens with zero attached hydrogens (tertiary/aromatic N) is 1. The van der Waals surface area contributed by atoms with E-state index in [4.69, 9.17) is 16.0 Å². The molecule has 106 valence electrons. The first-order chi connectivity index (χ1) is 9.74. The zero-order valence-corrected chi connectivity index (χ0v) is 11.7. The summed E-state index contributed by atoms with van der Waals surface area (Å²) in [6, 6.07) is 8.33. The second-order valence-corrected chi connectivity index (χ2v) is 5.34. The third-order valence-electron chi connectivity index (χ3n) is 3.53. The molecule has 1 aromatic carbocycles. The minimum Gasteiger partial charge on any atom is -0.467 e. The van der Waals surface area contributed by atoms with Gasteiger partial charge >= 0.3 is 0 Å². The van der Waals surface area contributed by atoms with Gasteiger partial charge in [0.2, 0.25) is 0 Å². The van der Waals surface area contributed by atoms with E-state index in [-0.39, 0.29) is 11.9 Å². The minimum absolute atomic E-state index is 0.0969. The summed E-state index contributed by atoms with van der Waals surface area (Å²) in [5.74, 6) is 0.493. The van der Waals surface area contributed by atoms with Gasteiger partial charge in [0.15, 0.2) is 0 Å². The molecule has 0 radical (unpaired) electrons. The minimum atomic E-state index is -0.320. The van der Waals surface area contributed by atoms with Crippen molar-refractivity contribution in [2.45, 2.75) is 6.04 Å². The number of rotatable bonds is 3. The number of hydrogen-bond acceptors (Lipinski definition) is 3. The van der Waals surface area contributed by atoms with Crippen LogP contribution in [0.15, 0.2) is 41.0 Å². The predicted molar refractivity (Wildman–Crippen MR) is 76.4 cm³/mol. The van der Waals surface area contributed by atoms with Gasteiger partial charge in [-0.25, -0.2) is 4.39 Å². The lowest BCUT2D eigenvalue weighted by Gasteiger charge is -2.34. The maximum absolute atomic E-state index is 13.7. The van der Waals surface area contributed by atoms with Crippen molar-refractivity contribution in [3.05, 3.63) is 58.8 Å². The third-order valence-corrected chi connectivity index (χ3v) is 3.75. The van der Waals surface area contributed by atoms with Gasteiger partial charge in [0.05, 0.1) is 12.3 Å². The maximum atomic E-state index is 13.7. The molecule has 20 heavy (non-hydrogen) atoms. The van der Waals surface area contributed by atoms with Gasteiger partial charge in [0.25, 0.3) is 0 Å². The Bertz CT molecular complexity index is 547. The molecule has 1 N–H and O–H groups in total. The number of furan rings is 1. The fourth-order valence-electron chi connectivity index (χ4n) is 2.68. The Labute approximate surface area is 122 Å². The van der Waals surface area contributed by atoms with E-state index < -0.39 is 0 Å². The molecule has 3 nitrogen and oxygen atoms in total. The molecule has 3 rings (SSSR count). The SMILES string of the molecule is Fc1cc(Cl)cc([C@@H](c2ccco2)N2CCNCC2)c1. The molecule has 0 spiro atoms. The molecular formula is C15H16ClFN2O. The molecule has 0 saturated carbocycles. The summed E-state index contributed by atoms with van der Waals surface area (Å²) in [6.07, 6.45) is 1.64. The van der Waals surface area contributed by atoms with Crippen LogP contribution in [0.1, 0.15) is 17.4 Å². The fourth-order valence-corrected chi connectivity index (χ4v) is 2.91. The van der Waals surface area contributed by atoms with Crippen LogP contribution in [-0.4, -0.2) is 31.1 Å². The molecule has 1 atom stereocenters. The number of hydrogen-bond donors (Lipinski definition) is 1. The van der Waals surface area contributed by atoms with Crippen LogP contribution in [0.5, 0.6) is 0 Å². The highest BCUT2D eigenvalue weighted by molar-refractivity contribution is 6.30. The summed E-state index contributed by atoms with van der Waals surface area (Å²) in [4.78, 5) is 2.28. The topological polar surface area (TPSA) is 28.4 Å². The predicted octanol–water partition coefficient (Wildman–Crippen LogP) is 3.07. The Morgan fingerprint density at radius 3 is 2.70 bits per heavy atom. The molecule has 1 saturated heterocycles. The van der Waals surface area contributed by atoms with Crippen molar-refractivity contribution in [3.8, 4) is 0 Å². The highest BCUT2D eigenvalue weighted by Gasteiger charge is 2.26. The first-order valence-electron chi connectivity index (χ1n) is 6.68. The number of benzene rings is 1. The van der Waals surface area contributed by atoms with E-state index in [1.165, 1.54) is 12.1 Å². The standard InChI is InChI=1S/C15H16ClFN2O/c16-12-8-11(9-13(17)10-12)15(14-2-1-7-20-14)19-5-3-18-4-6-19/h1-2,7-10,15,18H,3-6H2/t15-/m0/s1. The van der Waals surface area contributed by atoms with E-state index in [0.29, 0.717) is 5.02 Å². The molecular weight excluding hydrogens is 279 g/mol. The zero-order chi connectivity index (χ0) is 13.9. The Morgan fingerprint density at radius 2 is 2.05 bits per heavy atom. The lowest BCUT2D eigenvalue weighted by atomic mass is 10.0. The first kappa shape index (κ1) is 13.6. The fraction of sp³-hybridized carbons (Fsp3) is 0.333. The lowest BCUT2D eigenvalue weighted by Crippen LogP contribution is -2.45. The van der Waals surface area contributed by atoms with Crippen LogP contribution in [0.3, 0.4) is 0 Å². The summed E-state index contributed by atoms with van der Waals surface area (Å²) in [7, 11) is 0. The van der Waals surface area contributed by atoms with Gasteiger partial charge in [0.1, 0.15) is 11.6 Å². The van der Waals surface area contributed by atoms with E-state index in [1.807, 2.05) is 12.1 Å². The van der Waals surface area contributed by atoms with Crippen LogP contribution in [0, 0.1) is 5.82 Å². The van der Waals surface area contributed by atoms with Crippen molar-refractivity contribution in [3.63, 3.8) is 0 Å². The van der Waals surface area contributed by atoms with E-state index in [2.05, 4.69) is 10.2 Å². The van der Waals surface area contributed by atoms with E-state index in [0.717, 1.165) is 37.5 Å². The van der Waals surface area contributed by atoms with Crippen LogP contribution in [0.2, 0.25) is 5.02 Å². The van der Waals surface area contributed by atoms with Crippen LogP contribution < -0.4 is 5.32 Å². The normalized spacial score (nSPS) is 18.1. The summed E-state index contributed by atoms with van der Waals surface area (Å²) >= 11 is 5.99.